The molecule has 0 saturated carbocycles. The van der Waals surface area contributed by atoms with Gasteiger partial charge in [-0.25, -0.2) is 0 Å². The molecule has 0 amide bonds. The Labute approximate surface area is 156 Å². The van der Waals surface area contributed by atoms with Gasteiger partial charge in [0.1, 0.15) is 18.7 Å². The van der Waals surface area contributed by atoms with E-state index < -0.39 is 0 Å². The Morgan fingerprint density at radius 2 is 1.37 bits per heavy atom. The monoisotopic (exact) mass is 354 g/mol. The number of rotatable bonds is 3. The largest absolute Gasteiger partial charge is 0.384 e. The summed E-state index contributed by atoms with van der Waals surface area (Å²) in [4.78, 5) is 0. The molecule has 0 bridgehead atoms. The first-order valence-electron chi connectivity index (χ1n) is 8.61. The van der Waals surface area contributed by atoms with Crippen LogP contribution >= 0.6 is 0 Å². The van der Waals surface area contributed by atoms with Crippen molar-refractivity contribution in [2.24, 2.45) is 18.5 Å². The van der Waals surface area contributed by atoms with Gasteiger partial charge in [-0.05, 0) is 24.3 Å². The van der Waals surface area contributed by atoms with E-state index in [0.717, 1.165) is 32.9 Å². The second-order valence-electron chi connectivity index (χ2n) is 6.59. The molecule has 0 unspecified atom stereocenters. The normalized spacial score (nSPS) is 11.0. The van der Waals surface area contributed by atoms with Crippen molar-refractivity contribution in [1.29, 1.82) is 10.8 Å². The minimum atomic E-state index is 0.0468. The molecule has 0 radical (unpaired) electrons. The number of para-hydroxylation sites is 1. The van der Waals surface area contributed by atoms with Gasteiger partial charge >= 0.3 is 0 Å². The Kier molecular flexibility index (Phi) is 3.85. The van der Waals surface area contributed by atoms with Gasteiger partial charge in [0.25, 0.3) is 0 Å². The number of hydrogen-bond donors (Lipinski definition) is 4. The van der Waals surface area contributed by atoms with Gasteiger partial charge in [-0.2, -0.15) is 4.57 Å². The van der Waals surface area contributed by atoms with Gasteiger partial charge in [0.15, 0.2) is 0 Å². The predicted octanol–water partition coefficient (Wildman–Crippen LogP) is 3.05. The first-order valence-corrected chi connectivity index (χ1v) is 8.61. The van der Waals surface area contributed by atoms with Gasteiger partial charge in [0.05, 0.1) is 10.8 Å². The van der Waals surface area contributed by atoms with Crippen LogP contribution in [0.2, 0.25) is 0 Å². The average Bonchev–Trinajstić information content (AvgIpc) is 2.68. The molecule has 5 nitrogen and oxygen atoms in total. The smallest absolute Gasteiger partial charge is 0.220 e. The number of fused-ring (bicyclic) bond motifs is 3. The van der Waals surface area contributed by atoms with Crippen LogP contribution in [0.5, 0.6) is 0 Å². The van der Waals surface area contributed by atoms with Crippen LogP contribution < -0.4 is 16.0 Å². The number of benzene rings is 3. The number of aryl methyl sites for hydroxylation is 1. The molecule has 0 spiro atoms. The Bertz CT molecular complexity index is 1220. The van der Waals surface area contributed by atoms with Gasteiger partial charge in [-0.1, -0.05) is 36.4 Å². The first-order chi connectivity index (χ1) is 13.0. The summed E-state index contributed by atoms with van der Waals surface area (Å²) in [7, 11) is 2.04. The summed E-state index contributed by atoms with van der Waals surface area (Å²) < 4.78 is 2.16. The number of nitrogens with two attached hydrogens (primary N) is 2. The molecule has 5 heteroatoms. The first kappa shape index (κ1) is 16.7. The highest BCUT2D eigenvalue weighted by Gasteiger charge is 2.21. The van der Waals surface area contributed by atoms with Crippen LogP contribution in [0.1, 0.15) is 11.1 Å². The quantitative estimate of drug-likeness (QED) is 0.197. The summed E-state index contributed by atoms with van der Waals surface area (Å²) in [6.45, 7) is 0. The van der Waals surface area contributed by atoms with E-state index in [0.29, 0.717) is 11.1 Å². The fraction of sp³-hybridized carbons (Fsp3) is 0.0455. The van der Waals surface area contributed by atoms with Crippen LogP contribution in [0.3, 0.4) is 0 Å². The molecular formula is C22H20N5+. The number of nitrogens with one attached hydrogen (secondary N) is 2. The Hall–Kier alpha value is -3.73. The summed E-state index contributed by atoms with van der Waals surface area (Å²) in [5.41, 5.74) is 15.9. The van der Waals surface area contributed by atoms with Crippen molar-refractivity contribution in [3.8, 4) is 11.3 Å². The minimum absolute atomic E-state index is 0.0468. The Balaban J connectivity index is 2.12. The van der Waals surface area contributed by atoms with E-state index in [2.05, 4.69) is 16.7 Å². The molecule has 0 aliphatic heterocycles. The van der Waals surface area contributed by atoms with Crippen LogP contribution in [-0.4, -0.2) is 11.7 Å². The molecule has 4 aromatic rings. The lowest BCUT2D eigenvalue weighted by Gasteiger charge is -2.11. The molecule has 27 heavy (non-hydrogen) atoms. The van der Waals surface area contributed by atoms with Crippen molar-refractivity contribution >= 4 is 33.3 Å². The Morgan fingerprint density at radius 3 is 2.04 bits per heavy atom. The SMILES string of the molecule is C[n+]1c(-c2ccc(C(=N)N)cc2)c2cc(C(=N)N)ccc2c2ccccc21. The minimum Gasteiger partial charge on any atom is -0.384 e. The summed E-state index contributed by atoms with van der Waals surface area (Å²) in [6.07, 6.45) is 0. The summed E-state index contributed by atoms with van der Waals surface area (Å²) in [6, 6.07) is 21.8. The molecule has 1 aromatic heterocycles. The third-order valence-electron chi connectivity index (χ3n) is 4.95. The highest BCUT2D eigenvalue weighted by molar-refractivity contribution is 6.11. The fourth-order valence-corrected chi connectivity index (χ4v) is 3.59. The topological polar surface area (TPSA) is 104 Å². The lowest BCUT2D eigenvalue weighted by Crippen LogP contribution is -2.32. The standard InChI is InChI=1S/C22H20N5/c1-27-19-5-3-2-4-17(19)16-11-10-15(22(25)26)12-18(16)20(27)13-6-8-14(9-7-13)21(23)24/h2-12H,1H3,(H3,23,24)(H3,25,26)/q+1. The van der Waals surface area contributed by atoms with E-state index in [1.54, 1.807) is 0 Å². The van der Waals surface area contributed by atoms with Crippen molar-refractivity contribution in [3.05, 3.63) is 77.9 Å². The van der Waals surface area contributed by atoms with Crippen molar-refractivity contribution in [2.45, 2.75) is 0 Å². The van der Waals surface area contributed by atoms with Gasteiger partial charge in [-0.3, -0.25) is 10.8 Å². The van der Waals surface area contributed by atoms with Gasteiger partial charge in [0.2, 0.25) is 11.2 Å². The van der Waals surface area contributed by atoms with Crippen LogP contribution in [0.4, 0.5) is 0 Å². The van der Waals surface area contributed by atoms with Crippen LogP contribution in [0, 0.1) is 10.8 Å². The molecule has 0 aliphatic rings. The maximum Gasteiger partial charge on any atom is 0.220 e. The number of hydrogen-bond acceptors (Lipinski definition) is 2. The summed E-state index contributed by atoms with van der Waals surface area (Å²) in [5.74, 6) is 0.0961. The van der Waals surface area contributed by atoms with Gasteiger partial charge in [-0.15, -0.1) is 0 Å². The Morgan fingerprint density at radius 1 is 0.741 bits per heavy atom. The van der Waals surface area contributed by atoms with Crippen molar-refractivity contribution in [3.63, 3.8) is 0 Å². The third kappa shape index (κ3) is 2.69. The van der Waals surface area contributed by atoms with Crippen LogP contribution in [-0.2, 0) is 7.05 Å². The van der Waals surface area contributed by atoms with Gasteiger partial charge in [0, 0.05) is 28.1 Å². The fourth-order valence-electron chi connectivity index (χ4n) is 3.59. The maximum absolute atomic E-state index is 7.81. The predicted molar refractivity (Wildman–Crippen MR) is 110 cm³/mol. The van der Waals surface area contributed by atoms with E-state index in [1.807, 2.05) is 61.6 Å². The number of aromatic nitrogens is 1. The number of pyridine rings is 1. The van der Waals surface area contributed by atoms with E-state index in [4.69, 9.17) is 22.3 Å². The van der Waals surface area contributed by atoms with Crippen molar-refractivity contribution in [1.82, 2.24) is 0 Å². The molecule has 0 fully saturated rings. The molecule has 1 heterocycles. The molecule has 6 N–H and O–H groups in total. The molecule has 0 saturated heterocycles. The highest BCUT2D eigenvalue weighted by Crippen LogP contribution is 2.31. The van der Waals surface area contributed by atoms with E-state index in [1.165, 1.54) is 0 Å². The van der Waals surface area contributed by atoms with Crippen molar-refractivity contribution < 1.29 is 4.57 Å². The molecule has 4 rings (SSSR count). The van der Waals surface area contributed by atoms with Crippen LogP contribution in [0.25, 0.3) is 32.9 Å². The molecule has 132 valence electrons. The zero-order chi connectivity index (χ0) is 19.1. The zero-order valence-electron chi connectivity index (χ0n) is 15.0. The maximum atomic E-state index is 7.81. The molecule has 0 atom stereocenters. The second-order valence-corrected chi connectivity index (χ2v) is 6.59. The average molecular weight is 354 g/mol. The van der Waals surface area contributed by atoms with Crippen LogP contribution in [0.15, 0.2) is 66.7 Å². The summed E-state index contributed by atoms with van der Waals surface area (Å²) in [5, 5.41) is 18.7. The lowest BCUT2D eigenvalue weighted by molar-refractivity contribution is -0.632. The number of nitrogen functional groups attached to an aromatic ring is 2. The molecule has 0 aliphatic carbocycles. The van der Waals surface area contributed by atoms with E-state index in [9.17, 15) is 0 Å². The van der Waals surface area contributed by atoms with Crippen molar-refractivity contribution in [2.75, 3.05) is 0 Å². The zero-order valence-corrected chi connectivity index (χ0v) is 15.0. The van der Waals surface area contributed by atoms with E-state index in [-0.39, 0.29) is 11.7 Å². The van der Waals surface area contributed by atoms with Gasteiger partial charge < -0.3 is 11.5 Å². The molecule has 3 aromatic carbocycles. The molecular weight excluding hydrogens is 334 g/mol. The third-order valence-corrected chi connectivity index (χ3v) is 4.95. The lowest BCUT2D eigenvalue weighted by atomic mass is 9.96. The number of amidine groups is 2. The summed E-state index contributed by atoms with van der Waals surface area (Å²) >= 11 is 0. The highest BCUT2D eigenvalue weighted by atomic mass is 14.9. The second kappa shape index (κ2) is 6.21. The number of nitrogens with zero attached hydrogens (tertiary/aromatic N) is 1. The van der Waals surface area contributed by atoms with E-state index >= 15 is 0 Å².